The second-order valence-electron chi connectivity index (χ2n) is 4.32. The first-order chi connectivity index (χ1) is 7.79. The van der Waals surface area contributed by atoms with Crippen LogP contribution < -0.4 is 0 Å². The fourth-order valence-corrected chi connectivity index (χ4v) is 2.23. The maximum absolute atomic E-state index is 11.2. The van der Waals surface area contributed by atoms with Crippen molar-refractivity contribution in [3.05, 3.63) is 35.9 Å². The molecule has 3 heteroatoms. The van der Waals surface area contributed by atoms with Gasteiger partial charge in [0.15, 0.2) is 0 Å². The summed E-state index contributed by atoms with van der Waals surface area (Å²) >= 11 is 5.49. The predicted molar refractivity (Wildman–Crippen MR) is 65.6 cm³/mol. The summed E-state index contributed by atoms with van der Waals surface area (Å²) in [5, 5.41) is 0. The van der Waals surface area contributed by atoms with Gasteiger partial charge in [-0.1, -0.05) is 30.3 Å². The fraction of sp³-hybridized carbons (Fsp3) is 0.462. The molecule has 86 valence electrons. The molecule has 0 radical (unpaired) electrons. The molecule has 0 aromatic heterocycles. The van der Waals surface area contributed by atoms with Crippen LogP contribution in [0.25, 0.3) is 0 Å². The molecular formula is C13H16ClNO. The molecule has 1 aromatic carbocycles. The number of carbonyl (C=O) groups is 1. The van der Waals surface area contributed by atoms with Crippen molar-refractivity contribution in [1.82, 2.24) is 4.90 Å². The summed E-state index contributed by atoms with van der Waals surface area (Å²) in [5.41, 5.74) is 1.38. The van der Waals surface area contributed by atoms with Crippen molar-refractivity contribution in [2.24, 2.45) is 5.92 Å². The first-order valence-electron chi connectivity index (χ1n) is 5.67. The summed E-state index contributed by atoms with van der Waals surface area (Å²) in [6.45, 7) is 1.77. The Morgan fingerprint density at radius 3 is 2.62 bits per heavy atom. The Kier molecular flexibility index (Phi) is 3.83. The van der Waals surface area contributed by atoms with E-state index in [0.29, 0.717) is 5.92 Å². The lowest BCUT2D eigenvalue weighted by atomic mass is 9.92. The van der Waals surface area contributed by atoms with Crippen molar-refractivity contribution in [1.29, 1.82) is 0 Å². The highest BCUT2D eigenvalue weighted by molar-refractivity contribution is 6.27. The summed E-state index contributed by atoms with van der Waals surface area (Å²) in [7, 11) is 0. The molecule has 0 aliphatic carbocycles. The van der Waals surface area contributed by atoms with E-state index in [9.17, 15) is 4.79 Å². The van der Waals surface area contributed by atoms with E-state index in [1.54, 1.807) is 0 Å². The van der Waals surface area contributed by atoms with Gasteiger partial charge < -0.3 is 4.90 Å². The number of benzene rings is 1. The van der Waals surface area contributed by atoms with Crippen LogP contribution in [0.2, 0.25) is 0 Å². The highest BCUT2D eigenvalue weighted by atomic mass is 35.5. The smallest absolute Gasteiger partial charge is 0.237 e. The normalized spacial score (nSPS) is 15.9. The Morgan fingerprint density at radius 1 is 1.31 bits per heavy atom. The predicted octanol–water partition coefficient (Wildman–Crippen LogP) is 2.32. The molecule has 1 aromatic rings. The van der Waals surface area contributed by atoms with E-state index in [1.165, 1.54) is 5.56 Å². The number of aryl methyl sites for hydroxylation is 1. The molecule has 0 unspecified atom stereocenters. The molecule has 1 saturated heterocycles. The summed E-state index contributed by atoms with van der Waals surface area (Å²) in [5.74, 6) is 0.843. The molecular weight excluding hydrogens is 222 g/mol. The van der Waals surface area contributed by atoms with Gasteiger partial charge in [-0.15, -0.1) is 11.6 Å². The SMILES string of the molecule is O=C(CCl)N1CC(CCc2ccccc2)C1. The van der Waals surface area contributed by atoms with Crippen LogP contribution >= 0.6 is 11.6 Å². The van der Waals surface area contributed by atoms with Crippen LogP contribution in [0.3, 0.4) is 0 Å². The largest absolute Gasteiger partial charge is 0.341 e. The number of likely N-dealkylation sites (tertiary alicyclic amines) is 1. The molecule has 1 aliphatic heterocycles. The second kappa shape index (κ2) is 5.35. The summed E-state index contributed by atoms with van der Waals surface area (Å²) in [4.78, 5) is 13.0. The Labute approximate surface area is 101 Å². The average Bonchev–Trinajstić information content (AvgIpc) is 2.28. The van der Waals surface area contributed by atoms with E-state index >= 15 is 0 Å². The average molecular weight is 238 g/mol. The first kappa shape index (κ1) is 11.5. The van der Waals surface area contributed by atoms with Gasteiger partial charge in [-0.05, 0) is 24.3 Å². The number of alkyl halides is 1. The van der Waals surface area contributed by atoms with Gasteiger partial charge in [-0.3, -0.25) is 4.79 Å². The van der Waals surface area contributed by atoms with Gasteiger partial charge in [0.2, 0.25) is 5.91 Å². The molecule has 0 bridgehead atoms. The molecule has 16 heavy (non-hydrogen) atoms. The van der Waals surface area contributed by atoms with E-state index in [0.717, 1.165) is 25.9 Å². The maximum atomic E-state index is 11.2. The quantitative estimate of drug-likeness (QED) is 0.736. The highest BCUT2D eigenvalue weighted by Crippen LogP contribution is 2.21. The van der Waals surface area contributed by atoms with Crippen LogP contribution in [-0.4, -0.2) is 29.8 Å². The number of hydrogen-bond donors (Lipinski definition) is 0. The first-order valence-corrected chi connectivity index (χ1v) is 6.20. The van der Waals surface area contributed by atoms with E-state index in [4.69, 9.17) is 11.6 Å². The topological polar surface area (TPSA) is 20.3 Å². The van der Waals surface area contributed by atoms with Crippen molar-refractivity contribution < 1.29 is 4.79 Å². The number of nitrogens with zero attached hydrogens (tertiary/aromatic N) is 1. The standard InChI is InChI=1S/C13H16ClNO/c14-8-13(16)15-9-12(10-15)7-6-11-4-2-1-3-5-11/h1-5,12H,6-10H2. The van der Waals surface area contributed by atoms with Crippen molar-refractivity contribution in [3.8, 4) is 0 Å². The van der Waals surface area contributed by atoms with Crippen LogP contribution in [0.5, 0.6) is 0 Å². The van der Waals surface area contributed by atoms with Gasteiger partial charge >= 0.3 is 0 Å². The zero-order valence-corrected chi connectivity index (χ0v) is 9.99. The third-order valence-corrected chi connectivity index (χ3v) is 3.34. The lowest BCUT2D eigenvalue weighted by Crippen LogP contribution is -2.50. The molecule has 2 rings (SSSR count). The minimum Gasteiger partial charge on any atom is -0.341 e. The van der Waals surface area contributed by atoms with E-state index in [-0.39, 0.29) is 11.8 Å². The van der Waals surface area contributed by atoms with Gasteiger partial charge in [0, 0.05) is 13.1 Å². The monoisotopic (exact) mass is 237 g/mol. The molecule has 1 fully saturated rings. The van der Waals surface area contributed by atoms with Gasteiger partial charge in [-0.2, -0.15) is 0 Å². The summed E-state index contributed by atoms with van der Waals surface area (Å²) < 4.78 is 0. The maximum Gasteiger partial charge on any atom is 0.237 e. The Bertz CT molecular complexity index is 346. The highest BCUT2D eigenvalue weighted by Gasteiger charge is 2.29. The van der Waals surface area contributed by atoms with Crippen LogP contribution in [0.4, 0.5) is 0 Å². The van der Waals surface area contributed by atoms with Crippen molar-refractivity contribution in [2.75, 3.05) is 19.0 Å². The molecule has 0 N–H and O–H groups in total. The number of amides is 1. The van der Waals surface area contributed by atoms with E-state index in [2.05, 4.69) is 24.3 Å². The fourth-order valence-electron chi connectivity index (χ4n) is 2.06. The molecule has 1 amide bonds. The minimum absolute atomic E-state index is 0.0672. The van der Waals surface area contributed by atoms with Crippen molar-refractivity contribution >= 4 is 17.5 Å². The molecule has 0 atom stereocenters. The van der Waals surface area contributed by atoms with Gasteiger partial charge in [-0.25, -0.2) is 0 Å². The lowest BCUT2D eigenvalue weighted by Gasteiger charge is -2.39. The minimum atomic E-state index is 0.0672. The van der Waals surface area contributed by atoms with Crippen LogP contribution in [0.1, 0.15) is 12.0 Å². The van der Waals surface area contributed by atoms with Gasteiger partial charge in [0.05, 0.1) is 0 Å². The number of carbonyl (C=O) groups excluding carboxylic acids is 1. The molecule has 0 saturated carbocycles. The van der Waals surface area contributed by atoms with Crippen LogP contribution in [-0.2, 0) is 11.2 Å². The van der Waals surface area contributed by atoms with Crippen molar-refractivity contribution in [2.45, 2.75) is 12.8 Å². The molecule has 1 aliphatic rings. The lowest BCUT2D eigenvalue weighted by molar-refractivity contribution is -0.134. The Balaban J connectivity index is 1.69. The van der Waals surface area contributed by atoms with Crippen LogP contribution in [0, 0.1) is 5.92 Å². The Morgan fingerprint density at radius 2 is 2.00 bits per heavy atom. The van der Waals surface area contributed by atoms with E-state index < -0.39 is 0 Å². The van der Waals surface area contributed by atoms with Crippen LogP contribution in [0.15, 0.2) is 30.3 Å². The van der Waals surface area contributed by atoms with Gasteiger partial charge in [0.1, 0.15) is 5.88 Å². The Hall–Kier alpha value is -1.02. The number of hydrogen-bond acceptors (Lipinski definition) is 1. The number of halogens is 1. The van der Waals surface area contributed by atoms with E-state index in [1.807, 2.05) is 11.0 Å². The summed E-state index contributed by atoms with van der Waals surface area (Å²) in [6.07, 6.45) is 2.27. The number of rotatable bonds is 4. The van der Waals surface area contributed by atoms with Gasteiger partial charge in [0.25, 0.3) is 0 Å². The molecule has 0 spiro atoms. The second-order valence-corrected chi connectivity index (χ2v) is 4.59. The zero-order valence-electron chi connectivity index (χ0n) is 9.23. The molecule has 1 heterocycles. The third kappa shape index (κ3) is 2.76. The zero-order chi connectivity index (χ0) is 11.4. The summed E-state index contributed by atoms with van der Waals surface area (Å²) in [6, 6.07) is 10.5. The third-order valence-electron chi connectivity index (χ3n) is 3.11. The van der Waals surface area contributed by atoms with Crippen molar-refractivity contribution in [3.63, 3.8) is 0 Å². The molecule has 2 nitrogen and oxygen atoms in total.